The van der Waals surface area contributed by atoms with E-state index in [1.54, 1.807) is 24.1 Å². The molecule has 0 unspecified atom stereocenters. The van der Waals surface area contributed by atoms with Crippen LogP contribution in [0.1, 0.15) is 27.9 Å². The Labute approximate surface area is 210 Å². The number of amides is 2. The Balaban J connectivity index is 1.43. The van der Waals surface area contributed by atoms with Gasteiger partial charge in [0.25, 0.3) is 5.91 Å². The molecule has 0 fully saturated rings. The van der Waals surface area contributed by atoms with Crippen LogP contribution in [-0.2, 0) is 17.9 Å². The molecule has 0 saturated carbocycles. The fourth-order valence-corrected chi connectivity index (χ4v) is 4.00. The number of benzene rings is 3. The zero-order valence-electron chi connectivity index (χ0n) is 19.5. The van der Waals surface area contributed by atoms with E-state index in [0.717, 1.165) is 22.4 Å². The van der Waals surface area contributed by atoms with Gasteiger partial charge >= 0.3 is 0 Å². The maximum Gasteiger partial charge on any atom is 0.251 e. The first-order valence-corrected chi connectivity index (χ1v) is 11.8. The van der Waals surface area contributed by atoms with E-state index in [9.17, 15) is 9.59 Å². The van der Waals surface area contributed by atoms with E-state index < -0.39 is 0 Å². The Hall–Kier alpha value is -3.90. The fraction of sp³-hybridized carbons (Fsp3) is 0.179. The van der Waals surface area contributed by atoms with E-state index in [1.807, 2.05) is 83.7 Å². The number of hydrogen-bond acceptors (Lipinski definition) is 3. The number of halogens is 1. The molecule has 0 bridgehead atoms. The molecule has 0 aliphatic heterocycles. The average molecular weight is 487 g/mol. The summed E-state index contributed by atoms with van der Waals surface area (Å²) in [5.74, 6) is -0.246. The fourth-order valence-electron chi connectivity index (χ4n) is 3.81. The quantitative estimate of drug-likeness (QED) is 0.361. The number of nitrogens with one attached hydrogen (secondary N) is 1. The summed E-state index contributed by atoms with van der Waals surface area (Å²) in [6.07, 6.45) is 2.18. The lowest BCUT2D eigenvalue weighted by atomic mass is 10.1. The first-order valence-electron chi connectivity index (χ1n) is 11.4. The number of aromatic nitrogens is 2. The highest BCUT2D eigenvalue weighted by molar-refractivity contribution is 6.31. The van der Waals surface area contributed by atoms with Crippen molar-refractivity contribution < 1.29 is 9.59 Å². The second kappa shape index (κ2) is 11.5. The number of rotatable bonds is 9. The van der Waals surface area contributed by atoms with Gasteiger partial charge in [0, 0.05) is 54.5 Å². The molecule has 1 aromatic heterocycles. The minimum absolute atomic E-state index is 0.0590. The lowest BCUT2D eigenvalue weighted by Gasteiger charge is -2.17. The van der Waals surface area contributed by atoms with Gasteiger partial charge in [0.1, 0.15) is 0 Å². The van der Waals surface area contributed by atoms with Gasteiger partial charge in [0.05, 0.1) is 12.2 Å². The highest BCUT2D eigenvalue weighted by atomic mass is 35.5. The van der Waals surface area contributed by atoms with E-state index in [2.05, 4.69) is 5.32 Å². The van der Waals surface area contributed by atoms with Crippen molar-refractivity contribution in [3.8, 4) is 11.3 Å². The van der Waals surface area contributed by atoms with Gasteiger partial charge in [-0.25, -0.2) is 0 Å². The standard InChI is InChI=1S/C28H27ClN4O2/c1-32(26(34)16-17-30-28(35)22-12-6-3-7-13-22)18-24-20-33(19-23-14-8-9-15-25(23)29)31-27(24)21-10-4-2-5-11-21/h2-15,20H,16-19H2,1H3,(H,30,35). The van der Waals surface area contributed by atoms with Crippen molar-refractivity contribution >= 4 is 23.4 Å². The maximum atomic E-state index is 12.8. The SMILES string of the molecule is CN(Cc1cn(Cc2ccccc2Cl)nc1-c1ccccc1)C(=O)CCNC(=O)c1ccccc1. The van der Waals surface area contributed by atoms with Gasteiger partial charge in [-0.3, -0.25) is 14.3 Å². The van der Waals surface area contributed by atoms with E-state index in [-0.39, 0.29) is 24.8 Å². The van der Waals surface area contributed by atoms with Crippen LogP contribution in [0.25, 0.3) is 11.3 Å². The summed E-state index contributed by atoms with van der Waals surface area (Å²) < 4.78 is 1.86. The van der Waals surface area contributed by atoms with Gasteiger partial charge in [-0.2, -0.15) is 5.10 Å². The third-order valence-electron chi connectivity index (χ3n) is 5.67. The molecule has 0 aliphatic rings. The molecule has 6 nitrogen and oxygen atoms in total. The molecule has 7 heteroatoms. The molecule has 1 N–H and O–H groups in total. The number of carbonyl (C=O) groups excluding carboxylic acids is 2. The lowest BCUT2D eigenvalue weighted by molar-refractivity contribution is -0.130. The van der Waals surface area contributed by atoms with E-state index >= 15 is 0 Å². The molecule has 2 amide bonds. The summed E-state index contributed by atoms with van der Waals surface area (Å²) >= 11 is 6.35. The van der Waals surface area contributed by atoms with Crippen LogP contribution in [0.15, 0.2) is 91.1 Å². The van der Waals surface area contributed by atoms with Crippen LogP contribution in [0.2, 0.25) is 5.02 Å². The van der Waals surface area contributed by atoms with Crippen molar-refractivity contribution in [3.05, 3.63) is 113 Å². The molecular weight excluding hydrogens is 460 g/mol. The molecule has 1 heterocycles. The molecule has 178 valence electrons. The molecule has 0 radical (unpaired) electrons. The summed E-state index contributed by atoms with van der Waals surface area (Å²) in [5, 5.41) is 8.31. The summed E-state index contributed by atoms with van der Waals surface area (Å²) in [7, 11) is 1.77. The van der Waals surface area contributed by atoms with Crippen LogP contribution in [0.3, 0.4) is 0 Å². The molecular formula is C28H27ClN4O2. The summed E-state index contributed by atoms with van der Waals surface area (Å²) in [5.41, 5.74) is 4.30. The molecule has 0 saturated heterocycles. The topological polar surface area (TPSA) is 67.2 Å². The second-order valence-corrected chi connectivity index (χ2v) is 8.69. The maximum absolute atomic E-state index is 12.8. The normalized spacial score (nSPS) is 10.7. The Morgan fingerprint density at radius 1 is 0.914 bits per heavy atom. The highest BCUT2D eigenvalue weighted by Crippen LogP contribution is 2.24. The van der Waals surface area contributed by atoms with Crippen LogP contribution >= 0.6 is 11.6 Å². The average Bonchev–Trinajstić information content (AvgIpc) is 3.28. The monoisotopic (exact) mass is 486 g/mol. The Kier molecular flexibility index (Phi) is 7.95. The van der Waals surface area contributed by atoms with Gasteiger partial charge in [0.2, 0.25) is 5.91 Å². The van der Waals surface area contributed by atoms with Crippen molar-refractivity contribution in [1.82, 2.24) is 20.0 Å². The molecule has 0 spiro atoms. The van der Waals surface area contributed by atoms with Crippen molar-refractivity contribution in [2.45, 2.75) is 19.5 Å². The number of nitrogens with zero attached hydrogens (tertiary/aromatic N) is 3. The largest absolute Gasteiger partial charge is 0.352 e. The number of hydrogen-bond donors (Lipinski definition) is 1. The first-order chi connectivity index (χ1) is 17.0. The van der Waals surface area contributed by atoms with Crippen LogP contribution in [0.5, 0.6) is 0 Å². The molecule has 4 aromatic rings. The zero-order valence-corrected chi connectivity index (χ0v) is 20.3. The van der Waals surface area contributed by atoms with E-state index in [1.165, 1.54) is 0 Å². The number of carbonyl (C=O) groups is 2. The lowest BCUT2D eigenvalue weighted by Crippen LogP contribution is -2.31. The molecule has 4 rings (SSSR count). The Morgan fingerprint density at radius 3 is 2.29 bits per heavy atom. The van der Waals surface area contributed by atoms with Gasteiger partial charge in [-0.05, 0) is 23.8 Å². The minimum atomic E-state index is -0.187. The molecule has 35 heavy (non-hydrogen) atoms. The van der Waals surface area contributed by atoms with Crippen LogP contribution < -0.4 is 5.32 Å². The minimum Gasteiger partial charge on any atom is -0.352 e. The summed E-state index contributed by atoms with van der Waals surface area (Å²) in [4.78, 5) is 26.7. The smallest absolute Gasteiger partial charge is 0.251 e. The first kappa shape index (κ1) is 24.2. The van der Waals surface area contributed by atoms with Crippen molar-refractivity contribution in [3.63, 3.8) is 0 Å². The molecule has 0 aliphatic carbocycles. The zero-order chi connectivity index (χ0) is 24.6. The van der Waals surface area contributed by atoms with Crippen LogP contribution in [0.4, 0.5) is 0 Å². The molecule has 3 aromatic carbocycles. The van der Waals surface area contributed by atoms with E-state index in [4.69, 9.17) is 16.7 Å². The van der Waals surface area contributed by atoms with Gasteiger partial charge in [-0.15, -0.1) is 0 Å². The summed E-state index contributed by atoms with van der Waals surface area (Å²) in [6.45, 7) is 1.20. The van der Waals surface area contributed by atoms with Gasteiger partial charge in [-0.1, -0.05) is 78.3 Å². The van der Waals surface area contributed by atoms with Crippen molar-refractivity contribution in [1.29, 1.82) is 0 Å². The van der Waals surface area contributed by atoms with Crippen LogP contribution in [0, 0.1) is 0 Å². The van der Waals surface area contributed by atoms with Crippen molar-refractivity contribution in [2.24, 2.45) is 0 Å². The van der Waals surface area contributed by atoms with Crippen LogP contribution in [-0.4, -0.2) is 40.1 Å². The van der Waals surface area contributed by atoms with Gasteiger partial charge in [0.15, 0.2) is 0 Å². The second-order valence-electron chi connectivity index (χ2n) is 8.28. The molecule has 0 atom stereocenters. The third kappa shape index (κ3) is 6.37. The highest BCUT2D eigenvalue weighted by Gasteiger charge is 2.17. The third-order valence-corrected chi connectivity index (χ3v) is 6.04. The Morgan fingerprint density at radius 2 is 1.57 bits per heavy atom. The van der Waals surface area contributed by atoms with E-state index in [0.29, 0.717) is 23.7 Å². The predicted molar refractivity (Wildman–Crippen MR) is 138 cm³/mol. The Bertz CT molecular complexity index is 1290. The predicted octanol–water partition coefficient (Wildman–Crippen LogP) is 5.03. The van der Waals surface area contributed by atoms with Gasteiger partial charge < -0.3 is 10.2 Å². The summed E-state index contributed by atoms with van der Waals surface area (Å²) in [6, 6.07) is 26.6. The van der Waals surface area contributed by atoms with Crippen molar-refractivity contribution in [2.75, 3.05) is 13.6 Å².